The minimum absolute atomic E-state index is 0.155. The first-order chi connectivity index (χ1) is 10.1. The number of nitrogens with one attached hydrogen (secondary N) is 2. The van der Waals surface area contributed by atoms with Gasteiger partial charge in [0.15, 0.2) is 0 Å². The minimum atomic E-state index is -0.525. The maximum atomic E-state index is 11.0. The molecule has 0 bridgehead atoms. The van der Waals surface area contributed by atoms with Gasteiger partial charge in [-0.05, 0) is 19.9 Å². The van der Waals surface area contributed by atoms with Crippen LogP contribution >= 0.6 is 0 Å². The van der Waals surface area contributed by atoms with Crippen molar-refractivity contribution in [2.24, 2.45) is 0 Å². The standard InChI is InChI=1S/C12H15N7O2/c1-3-13-12-16-7-10(19(20)21)11(18-12)15-6-9-4-5-14-8(2)17-9/h4-5,7H,3,6H2,1-2H3,(H2,13,15,16,18). The van der Waals surface area contributed by atoms with Gasteiger partial charge in [0.1, 0.15) is 12.0 Å². The molecule has 0 saturated heterocycles. The summed E-state index contributed by atoms with van der Waals surface area (Å²) >= 11 is 0. The van der Waals surface area contributed by atoms with Gasteiger partial charge in [-0.15, -0.1) is 0 Å². The number of rotatable bonds is 6. The summed E-state index contributed by atoms with van der Waals surface area (Å²) in [6.45, 7) is 4.61. The lowest BCUT2D eigenvalue weighted by atomic mass is 10.4. The van der Waals surface area contributed by atoms with Crippen molar-refractivity contribution >= 4 is 17.5 Å². The lowest BCUT2D eigenvalue weighted by Crippen LogP contribution is -2.10. The molecule has 2 heterocycles. The van der Waals surface area contributed by atoms with E-state index in [9.17, 15) is 10.1 Å². The Morgan fingerprint density at radius 1 is 1.29 bits per heavy atom. The Balaban J connectivity index is 2.20. The Bertz CT molecular complexity index is 647. The predicted octanol–water partition coefficient (Wildman–Crippen LogP) is 1.53. The van der Waals surface area contributed by atoms with E-state index in [2.05, 4.69) is 30.6 Å². The zero-order valence-corrected chi connectivity index (χ0v) is 11.7. The molecule has 0 amide bonds. The fourth-order valence-corrected chi connectivity index (χ4v) is 1.66. The van der Waals surface area contributed by atoms with Crippen molar-refractivity contribution in [1.29, 1.82) is 0 Å². The highest BCUT2D eigenvalue weighted by molar-refractivity contribution is 5.56. The molecule has 0 unspecified atom stereocenters. The average Bonchev–Trinajstić information content (AvgIpc) is 2.45. The predicted molar refractivity (Wildman–Crippen MR) is 76.9 cm³/mol. The number of anilines is 2. The Hall–Kier alpha value is -2.84. The maximum Gasteiger partial charge on any atom is 0.329 e. The van der Waals surface area contributed by atoms with Crippen LogP contribution in [-0.2, 0) is 6.54 Å². The Morgan fingerprint density at radius 2 is 2.10 bits per heavy atom. The van der Waals surface area contributed by atoms with Crippen LogP contribution in [0, 0.1) is 17.0 Å². The number of nitrogens with zero attached hydrogens (tertiary/aromatic N) is 5. The second kappa shape index (κ2) is 6.55. The van der Waals surface area contributed by atoms with Gasteiger partial charge in [-0.2, -0.15) is 4.98 Å². The third-order valence-electron chi connectivity index (χ3n) is 2.57. The fraction of sp³-hybridized carbons (Fsp3) is 0.333. The molecule has 0 radical (unpaired) electrons. The second-order valence-corrected chi connectivity index (χ2v) is 4.16. The summed E-state index contributed by atoms with van der Waals surface area (Å²) in [5.41, 5.74) is 0.544. The first kappa shape index (κ1) is 14.6. The highest BCUT2D eigenvalue weighted by Crippen LogP contribution is 2.22. The van der Waals surface area contributed by atoms with Crippen LogP contribution in [0.3, 0.4) is 0 Å². The molecule has 9 nitrogen and oxygen atoms in total. The monoisotopic (exact) mass is 289 g/mol. The number of hydrogen-bond acceptors (Lipinski definition) is 8. The molecule has 9 heteroatoms. The smallest absolute Gasteiger partial charge is 0.329 e. The minimum Gasteiger partial charge on any atom is -0.359 e. The van der Waals surface area contributed by atoms with E-state index in [-0.39, 0.29) is 11.5 Å². The van der Waals surface area contributed by atoms with E-state index in [4.69, 9.17) is 0 Å². The van der Waals surface area contributed by atoms with Crippen molar-refractivity contribution in [2.75, 3.05) is 17.2 Å². The molecule has 0 spiro atoms. The van der Waals surface area contributed by atoms with E-state index >= 15 is 0 Å². The molecule has 2 N–H and O–H groups in total. The van der Waals surface area contributed by atoms with E-state index in [0.717, 1.165) is 5.69 Å². The van der Waals surface area contributed by atoms with Gasteiger partial charge in [0, 0.05) is 12.7 Å². The number of nitro groups is 1. The third-order valence-corrected chi connectivity index (χ3v) is 2.57. The summed E-state index contributed by atoms with van der Waals surface area (Å²) in [5.74, 6) is 1.13. The topological polar surface area (TPSA) is 119 Å². The zero-order valence-electron chi connectivity index (χ0n) is 11.7. The molecule has 0 atom stereocenters. The van der Waals surface area contributed by atoms with Gasteiger partial charge in [0.25, 0.3) is 0 Å². The zero-order chi connectivity index (χ0) is 15.2. The molecule has 0 aliphatic heterocycles. The van der Waals surface area contributed by atoms with Gasteiger partial charge in [0.2, 0.25) is 11.8 Å². The Labute approximate surface area is 121 Å². The number of aromatic nitrogens is 4. The Morgan fingerprint density at radius 3 is 2.76 bits per heavy atom. The normalized spacial score (nSPS) is 10.2. The van der Waals surface area contributed by atoms with E-state index in [0.29, 0.717) is 24.9 Å². The van der Waals surface area contributed by atoms with Crippen molar-refractivity contribution < 1.29 is 4.92 Å². The molecular weight excluding hydrogens is 274 g/mol. The molecule has 110 valence electrons. The second-order valence-electron chi connectivity index (χ2n) is 4.16. The van der Waals surface area contributed by atoms with Gasteiger partial charge in [-0.25, -0.2) is 15.0 Å². The summed E-state index contributed by atoms with van der Waals surface area (Å²) < 4.78 is 0. The molecule has 0 saturated carbocycles. The summed E-state index contributed by atoms with van der Waals surface area (Å²) in [5, 5.41) is 16.8. The quantitative estimate of drug-likeness (QED) is 0.607. The lowest BCUT2D eigenvalue weighted by molar-refractivity contribution is -0.384. The summed E-state index contributed by atoms with van der Waals surface area (Å²) in [6.07, 6.45) is 2.82. The largest absolute Gasteiger partial charge is 0.359 e. The van der Waals surface area contributed by atoms with Gasteiger partial charge in [-0.1, -0.05) is 0 Å². The Kier molecular flexibility index (Phi) is 4.54. The van der Waals surface area contributed by atoms with Crippen LogP contribution in [0.5, 0.6) is 0 Å². The number of hydrogen-bond donors (Lipinski definition) is 2. The molecule has 2 aromatic heterocycles. The average molecular weight is 289 g/mol. The maximum absolute atomic E-state index is 11.0. The first-order valence-electron chi connectivity index (χ1n) is 6.38. The third kappa shape index (κ3) is 3.81. The molecule has 0 aliphatic carbocycles. The van der Waals surface area contributed by atoms with E-state index in [1.54, 1.807) is 19.2 Å². The molecule has 0 aromatic carbocycles. The van der Waals surface area contributed by atoms with E-state index in [1.807, 2.05) is 6.92 Å². The molecular formula is C12H15N7O2. The number of aryl methyl sites for hydroxylation is 1. The highest BCUT2D eigenvalue weighted by Gasteiger charge is 2.17. The van der Waals surface area contributed by atoms with Gasteiger partial charge >= 0.3 is 5.69 Å². The van der Waals surface area contributed by atoms with Crippen molar-refractivity contribution in [3.8, 4) is 0 Å². The van der Waals surface area contributed by atoms with Crippen LogP contribution in [0.1, 0.15) is 18.4 Å². The summed E-state index contributed by atoms with van der Waals surface area (Å²) in [7, 11) is 0. The van der Waals surface area contributed by atoms with Gasteiger partial charge in [0.05, 0.1) is 17.2 Å². The molecule has 2 rings (SSSR count). The van der Waals surface area contributed by atoms with Crippen LogP contribution in [-0.4, -0.2) is 31.4 Å². The summed E-state index contributed by atoms with van der Waals surface area (Å²) in [4.78, 5) is 26.7. The molecule has 0 aliphatic rings. The lowest BCUT2D eigenvalue weighted by Gasteiger charge is -2.08. The molecule has 2 aromatic rings. The van der Waals surface area contributed by atoms with Gasteiger partial charge < -0.3 is 10.6 Å². The van der Waals surface area contributed by atoms with Crippen molar-refractivity contribution in [2.45, 2.75) is 20.4 Å². The van der Waals surface area contributed by atoms with Crippen LogP contribution in [0.25, 0.3) is 0 Å². The van der Waals surface area contributed by atoms with Crippen LogP contribution in [0.4, 0.5) is 17.5 Å². The summed E-state index contributed by atoms with van der Waals surface area (Å²) in [6, 6.07) is 1.73. The van der Waals surface area contributed by atoms with Crippen molar-refractivity contribution in [3.05, 3.63) is 40.1 Å². The van der Waals surface area contributed by atoms with E-state index in [1.165, 1.54) is 6.20 Å². The molecule has 0 fully saturated rings. The van der Waals surface area contributed by atoms with Crippen molar-refractivity contribution in [3.63, 3.8) is 0 Å². The van der Waals surface area contributed by atoms with Crippen LogP contribution < -0.4 is 10.6 Å². The van der Waals surface area contributed by atoms with E-state index < -0.39 is 4.92 Å². The van der Waals surface area contributed by atoms with Gasteiger partial charge in [-0.3, -0.25) is 10.1 Å². The fourth-order valence-electron chi connectivity index (χ4n) is 1.66. The first-order valence-corrected chi connectivity index (χ1v) is 6.38. The highest BCUT2D eigenvalue weighted by atomic mass is 16.6. The molecule has 21 heavy (non-hydrogen) atoms. The van der Waals surface area contributed by atoms with Crippen LogP contribution in [0.2, 0.25) is 0 Å². The van der Waals surface area contributed by atoms with Crippen LogP contribution in [0.15, 0.2) is 18.5 Å². The SMILES string of the molecule is CCNc1ncc([N+](=O)[O-])c(NCc2ccnc(C)n2)n1. The van der Waals surface area contributed by atoms with Crippen molar-refractivity contribution in [1.82, 2.24) is 19.9 Å².